The van der Waals surface area contributed by atoms with E-state index in [2.05, 4.69) is 20.6 Å². The minimum absolute atomic E-state index is 0.00827. The molecule has 1 atom stereocenters. The van der Waals surface area contributed by atoms with Crippen molar-refractivity contribution in [3.63, 3.8) is 0 Å². The summed E-state index contributed by atoms with van der Waals surface area (Å²) in [6.07, 6.45) is 3.55. The molecule has 3 rings (SSSR count). The van der Waals surface area contributed by atoms with E-state index in [1.54, 1.807) is 35.1 Å². The van der Waals surface area contributed by atoms with Gasteiger partial charge >= 0.3 is 0 Å². The van der Waals surface area contributed by atoms with Crippen molar-refractivity contribution < 1.29 is 14.0 Å². The highest BCUT2D eigenvalue weighted by molar-refractivity contribution is 5.93. The second-order valence-corrected chi connectivity index (χ2v) is 8.36. The van der Waals surface area contributed by atoms with Gasteiger partial charge in [0.15, 0.2) is 0 Å². The molecule has 1 fully saturated rings. The molecule has 2 N–H and O–H groups in total. The molecule has 1 unspecified atom stereocenters. The molecule has 0 bridgehead atoms. The average Bonchev–Trinajstić information content (AvgIpc) is 3.23. The molecule has 7 nitrogen and oxygen atoms in total. The van der Waals surface area contributed by atoms with Crippen molar-refractivity contribution >= 4 is 17.6 Å². The summed E-state index contributed by atoms with van der Waals surface area (Å²) in [6.45, 7) is 7.70. The van der Waals surface area contributed by atoms with Crippen molar-refractivity contribution in [2.24, 2.45) is 5.92 Å². The van der Waals surface area contributed by atoms with Gasteiger partial charge in [0, 0.05) is 24.6 Å². The Morgan fingerprint density at radius 1 is 1.16 bits per heavy atom. The Morgan fingerprint density at radius 3 is 2.55 bits per heavy atom. The lowest BCUT2D eigenvalue weighted by Gasteiger charge is -2.34. The van der Waals surface area contributed by atoms with E-state index in [9.17, 15) is 14.0 Å². The fourth-order valence-corrected chi connectivity index (χ4v) is 3.94. The number of aromatic nitrogens is 2. The molecule has 2 heterocycles. The maximum atomic E-state index is 13.7. The van der Waals surface area contributed by atoms with Gasteiger partial charge in [0.2, 0.25) is 11.8 Å². The predicted molar refractivity (Wildman–Crippen MR) is 118 cm³/mol. The van der Waals surface area contributed by atoms with Crippen LogP contribution in [0.15, 0.2) is 36.5 Å². The molecule has 0 saturated carbocycles. The Balaban J connectivity index is 1.43. The number of carbonyl (C=O) groups excluding carboxylic acids is 2. The second kappa shape index (κ2) is 10.5. The molecule has 31 heavy (non-hydrogen) atoms. The number of amides is 2. The summed E-state index contributed by atoms with van der Waals surface area (Å²) in [5.41, 5.74) is 0.608. The number of hydrogen-bond donors (Lipinski definition) is 2. The Bertz CT molecular complexity index is 890. The summed E-state index contributed by atoms with van der Waals surface area (Å²) in [4.78, 5) is 27.3. The van der Waals surface area contributed by atoms with Gasteiger partial charge in [0.1, 0.15) is 11.6 Å². The Hall–Kier alpha value is -2.74. The molecule has 1 aromatic heterocycles. The fraction of sp³-hybridized carbons (Fsp3) is 0.522. The number of piperidine rings is 1. The molecule has 0 aliphatic carbocycles. The van der Waals surface area contributed by atoms with E-state index in [-0.39, 0.29) is 35.6 Å². The third-order valence-corrected chi connectivity index (χ3v) is 5.89. The predicted octanol–water partition coefficient (Wildman–Crippen LogP) is 3.00. The number of rotatable bonds is 8. The van der Waals surface area contributed by atoms with Gasteiger partial charge in [0.25, 0.3) is 0 Å². The van der Waals surface area contributed by atoms with Gasteiger partial charge in [-0.25, -0.2) is 9.07 Å². The molecule has 1 aromatic carbocycles. The van der Waals surface area contributed by atoms with E-state index in [0.29, 0.717) is 50.3 Å². The van der Waals surface area contributed by atoms with Crippen LogP contribution in [0, 0.1) is 11.7 Å². The van der Waals surface area contributed by atoms with E-state index in [1.165, 1.54) is 6.07 Å². The lowest BCUT2D eigenvalue weighted by molar-refractivity contribution is -0.127. The molecular formula is C23H32FN5O2. The van der Waals surface area contributed by atoms with Crippen LogP contribution in [-0.2, 0) is 16.0 Å². The van der Waals surface area contributed by atoms with E-state index in [1.807, 2.05) is 20.8 Å². The van der Waals surface area contributed by atoms with Crippen LogP contribution in [0.1, 0.15) is 45.2 Å². The number of likely N-dealkylation sites (tertiary alicyclic amines) is 1. The molecule has 2 aromatic rings. The summed E-state index contributed by atoms with van der Waals surface area (Å²) in [5, 5.41) is 10.1. The van der Waals surface area contributed by atoms with Crippen molar-refractivity contribution in [2.75, 3.05) is 25.0 Å². The van der Waals surface area contributed by atoms with Crippen LogP contribution >= 0.6 is 0 Å². The minimum atomic E-state index is -0.291. The standard InChI is InChI=1S/C23H32FN5O2/c1-16(2)29-21(9-13-26-29)27-22(30)17(3)28-14-10-19(11-15-28)23(31)25-12-8-18-6-4-5-7-20(18)24/h4-7,9,13,16-17,19H,8,10-12,14-15H2,1-3H3,(H,25,31)(H,27,30). The first-order chi connectivity index (χ1) is 14.9. The van der Waals surface area contributed by atoms with Crippen LogP contribution in [0.3, 0.4) is 0 Å². The first-order valence-corrected chi connectivity index (χ1v) is 11.0. The third kappa shape index (κ3) is 5.91. The summed E-state index contributed by atoms with van der Waals surface area (Å²) in [5.74, 6) is 0.309. The van der Waals surface area contributed by atoms with Gasteiger partial charge in [-0.15, -0.1) is 0 Å². The summed E-state index contributed by atoms with van der Waals surface area (Å²) in [6, 6.07) is 8.29. The number of benzene rings is 1. The minimum Gasteiger partial charge on any atom is -0.356 e. The molecule has 1 aliphatic rings. The monoisotopic (exact) mass is 429 g/mol. The number of carbonyl (C=O) groups is 2. The SMILES string of the molecule is CC(C(=O)Nc1ccnn1C(C)C)N1CCC(C(=O)NCCc2ccccc2F)CC1. The van der Waals surface area contributed by atoms with E-state index < -0.39 is 0 Å². The first-order valence-electron chi connectivity index (χ1n) is 11.0. The molecule has 0 radical (unpaired) electrons. The zero-order chi connectivity index (χ0) is 22.4. The van der Waals surface area contributed by atoms with Gasteiger partial charge in [-0.3, -0.25) is 14.5 Å². The van der Waals surface area contributed by atoms with Crippen LogP contribution in [0.4, 0.5) is 10.2 Å². The Morgan fingerprint density at radius 2 is 1.87 bits per heavy atom. The van der Waals surface area contributed by atoms with E-state index in [0.717, 1.165) is 0 Å². The maximum absolute atomic E-state index is 13.7. The number of nitrogens with one attached hydrogen (secondary N) is 2. The van der Waals surface area contributed by atoms with E-state index in [4.69, 9.17) is 0 Å². The fourth-order valence-electron chi connectivity index (χ4n) is 3.94. The van der Waals surface area contributed by atoms with Crippen molar-refractivity contribution in [2.45, 2.75) is 52.1 Å². The van der Waals surface area contributed by atoms with Gasteiger partial charge in [-0.1, -0.05) is 18.2 Å². The molecular weight excluding hydrogens is 397 g/mol. The third-order valence-electron chi connectivity index (χ3n) is 5.89. The largest absolute Gasteiger partial charge is 0.356 e. The van der Waals surface area contributed by atoms with Crippen molar-refractivity contribution in [3.05, 3.63) is 47.9 Å². The number of nitrogens with zero attached hydrogens (tertiary/aromatic N) is 3. The normalized spacial score (nSPS) is 16.3. The highest BCUT2D eigenvalue weighted by Gasteiger charge is 2.30. The van der Waals surface area contributed by atoms with E-state index >= 15 is 0 Å². The molecule has 8 heteroatoms. The van der Waals surface area contributed by atoms with Crippen molar-refractivity contribution in [1.82, 2.24) is 20.0 Å². The highest BCUT2D eigenvalue weighted by Crippen LogP contribution is 2.20. The lowest BCUT2D eigenvalue weighted by Crippen LogP contribution is -2.48. The van der Waals surface area contributed by atoms with Crippen molar-refractivity contribution in [1.29, 1.82) is 0 Å². The maximum Gasteiger partial charge on any atom is 0.242 e. The van der Waals surface area contributed by atoms with Crippen LogP contribution in [0.25, 0.3) is 0 Å². The average molecular weight is 430 g/mol. The quantitative estimate of drug-likeness (QED) is 0.676. The van der Waals surface area contributed by atoms with Gasteiger partial charge in [-0.05, 0) is 64.8 Å². The Kier molecular flexibility index (Phi) is 7.79. The Labute approximate surface area is 183 Å². The molecule has 1 saturated heterocycles. The number of halogens is 1. The van der Waals surface area contributed by atoms with Gasteiger partial charge < -0.3 is 10.6 Å². The van der Waals surface area contributed by atoms with Gasteiger partial charge in [0.05, 0.1) is 12.2 Å². The summed E-state index contributed by atoms with van der Waals surface area (Å²) >= 11 is 0. The van der Waals surface area contributed by atoms with Crippen LogP contribution in [-0.4, -0.2) is 52.2 Å². The molecule has 2 amide bonds. The topological polar surface area (TPSA) is 79.3 Å². The smallest absolute Gasteiger partial charge is 0.242 e. The number of hydrogen-bond acceptors (Lipinski definition) is 4. The first kappa shape index (κ1) is 22.9. The van der Waals surface area contributed by atoms with Crippen LogP contribution < -0.4 is 10.6 Å². The molecule has 168 valence electrons. The zero-order valence-electron chi connectivity index (χ0n) is 18.5. The highest BCUT2D eigenvalue weighted by atomic mass is 19.1. The molecule has 0 spiro atoms. The van der Waals surface area contributed by atoms with Crippen molar-refractivity contribution in [3.8, 4) is 0 Å². The summed E-state index contributed by atoms with van der Waals surface area (Å²) < 4.78 is 15.5. The van der Waals surface area contributed by atoms with Crippen LogP contribution in [0.2, 0.25) is 0 Å². The second-order valence-electron chi connectivity index (χ2n) is 8.36. The van der Waals surface area contributed by atoms with Crippen LogP contribution in [0.5, 0.6) is 0 Å². The number of anilines is 1. The lowest BCUT2D eigenvalue weighted by atomic mass is 9.94. The molecule has 1 aliphatic heterocycles. The zero-order valence-corrected chi connectivity index (χ0v) is 18.5. The van der Waals surface area contributed by atoms with Gasteiger partial charge in [-0.2, -0.15) is 5.10 Å². The summed E-state index contributed by atoms with van der Waals surface area (Å²) in [7, 11) is 0.